The minimum Gasteiger partial charge on any atom is -0.311 e. The maximum Gasteiger partial charge on any atom is 0.252 e. The second-order valence-corrected chi connectivity index (χ2v) is 30.2. The van der Waals surface area contributed by atoms with Crippen molar-refractivity contribution in [3.63, 3.8) is 0 Å². The Hall–Kier alpha value is -9.90. The lowest BCUT2D eigenvalue weighted by Crippen LogP contribution is -2.61. The summed E-state index contributed by atoms with van der Waals surface area (Å²) >= 11 is 0. The first kappa shape index (κ1) is 57.3. The van der Waals surface area contributed by atoms with Crippen molar-refractivity contribution >= 4 is 79.0 Å². The summed E-state index contributed by atoms with van der Waals surface area (Å²) in [4.78, 5) is 5.35. The zero-order chi connectivity index (χ0) is 63.3. The lowest BCUT2D eigenvalue weighted by Gasteiger charge is -2.45. The van der Waals surface area contributed by atoms with E-state index in [-0.39, 0.29) is 28.4 Å². The highest BCUT2D eigenvalue weighted by Gasteiger charge is 2.47. The van der Waals surface area contributed by atoms with Crippen LogP contribution in [0.3, 0.4) is 0 Å². The first-order chi connectivity index (χ1) is 44.2. The molecule has 0 fully saturated rings. The van der Waals surface area contributed by atoms with Gasteiger partial charge in [0.25, 0.3) is 6.71 Å². The Morgan fingerprint density at radius 2 is 0.804 bits per heavy atom. The van der Waals surface area contributed by atoms with Gasteiger partial charge in [-0.2, -0.15) is 0 Å². The van der Waals surface area contributed by atoms with Crippen molar-refractivity contribution in [3.8, 4) is 72.4 Å². The number of fused-ring (bicyclic) bond motifs is 12. The highest BCUT2D eigenvalue weighted by Crippen LogP contribution is 2.56. The van der Waals surface area contributed by atoms with Gasteiger partial charge in [-0.05, 0) is 177 Å². The van der Waals surface area contributed by atoms with Crippen molar-refractivity contribution in [1.82, 2.24) is 4.57 Å². The molecular formula is C88H78BN3. The number of hydrogen-bond donors (Lipinski definition) is 0. The van der Waals surface area contributed by atoms with Crippen LogP contribution in [0.1, 0.15) is 105 Å². The van der Waals surface area contributed by atoms with E-state index in [0.717, 1.165) is 22.7 Å². The molecule has 4 heteroatoms. The van der Waals surface area contributed by atoms with E-state index in [1.54, 1.807) is 0 Å². The molecule has 3 aliphatic heterocycles. The summed E-state index contributed by atoms with van der Waals surface area (Å²) in [5, 5.41) is 2.47. The summed E-state index contributed by atoms with van der Waals surface area (Å²) in [6.45, 7) is 28.0. The normalized spacial score (nSPS) is 13.4. The van der Waals surface area contributed by atoms with Crippen LogP contribution < -0.4 is 26.2 Å². The molecule has 92 heavy (non-hydrogen) atoms. The molecule has 0 atom stereocenters. The van der Waals surface area contributed by atoms with Gasteiger partial charge in [-0.3, -0.25) is 0 Å². The summed E-state index contributed by atoms with van der Waals surface area (Å²) < 4.78 is 2.54. The Bertz CT molecular complexity index is 5070. The van der Waals surface area contributed by atoms with Crippen LogP contribution in [0, 0.1) is 0 Å². The number of rotatable bonds is 6. The van der Waals surface area contributed by atoms with E-state index in [9.17, 15) is 0 Å². The Morgan fingerprint density at radius 3 is 1.43 bits per heavy atom. The van der Waals surface area contributed by atoms with Gasteiger partial charge >= 0.3 is 0 Å². The number of benzene rings is 12. The van der Waals surface area contributed by atoms with Crippen molar-refractivity contribution in [2.24, 2.45) is 0 Å². The van der Waals surface area contributed by atoms with Gasteiger partial charge in [0.1, 0.15) is 0 Å². The van der Waals surface area contributed by atoms with E-state index in [1.807, 2.05) is 0 Å². The van der Waals surface area contributed by atoms with Gasteiger partial charge < -0.3 is 14.4 Å². The van der Waals surface area contributed by atoms with E-state index in [0.29, 0.717) is 0 Å². The molecule has 3 aliphatic rings. The minimum absolute atomic E-state index is 0.0452. The van der Waals surface area contributed by atoms with Crippen LogP contribution in [-0.2, 0) is 21.7 Å². The summed E-state index contributed by atoms with van der Waals surface area (Å²) in [5.74, 6) is 0. The monoisotopic (exact) mass is 1190 g/mol. The topological polar surface area (TPSA) is 11.4 Å². The number of anilines is 6. The molecule has 12 aromatic carbocycles. The first-order valence-corrected chi connectivity index (χ1v) is 33.0. The fourth-order valence-electron chi connectivity index (χ4n) is 15.2. The van der Waals surface area contributed by atoms with E-state index >= 15 is 0 Å². The molecule has 0 unspecified atom stereocenters. The molecule has 0 amide bonds. The van der Waals surface area contributed by atoms with Crippen LogP contribution in [0.15, 0.2) is 255 Å². The van der Waals surface area contributed by atoms with E-state index in [4.69, 9.17) is 0 Å². The van der Waals surface area contributed by atoms with E-state index < -0.39 is 0 Å². The summed E-state index contributed by atoms with van der Waals surface area (Å²) in [5.41, 5.74) is 33.9. The SMILES string of the molecule is CC(C)(C)c1cc(-c2ccc3c(c2)N(c2cccc(-c4cc(C(C)(C)C)ccc4C(C)(C)C)c2)c2cc(-n4c5ccccc5c5ccccc54)cc4c2B3c2cc(-c3ccccc3)cc3c2N4c2ccc(-c4ccccc4)cc2-c2ccccc2-3)cc(C(C)(C)C)c1. The van der Waals surface area contributed by atoms with Crippen LogP contribution in [0.4, 0.5) is 34.1 Å². The zero-order valence-electron chi connectivity index (χ0n) is 55.2. The molecular weight excluding hydrogens is 1110 g/mol. The van der Waals surface area contributed by atoms with Crippen molar-refractivity contribution in [2.75, 3.05) is 9.80 Å². The van der Waals surface area contributed by atoms with E-state index in [2.05, 4.69) is 352 Å². The lowest BCUT2D eigenvalue weighted by atomic mass is 9.33. The van der Waals surface area contributed by atoms with Crippen molar-refractivity contribution < 1.29 is 0 Å². The van der Waals surface area contributed by atoms with Gasteiger partial charge in [0.15, 0.2) is 0 Å². The molecule has 16 rings (SSSR count). The van der Waals surface area contributed by atoms with E-state index in [1.165, 1.54) is 144 Å². The Balaban J connectivity index is 1.07. The Labute approximate surface area is 544 Å². The highest BCUT2D eigenvalue weighted by molar-refractivity contribution is 7.00. The van der Waals surface area contributed by atoms with Gasteiger partial charge in [-0.1, -0.05) is 277 Å². The molecule has 1 aromatic heterocycles. The van der Waals surface area contributed by atoms with Crippen LogP contribution in [0.5, 0.6) is 0 Å². The van der Waals surface area contributed by atoms with Crippen molar-refractivity contribution in [1.29, 1.82) is 0 Å². The number of hydrogen-bond acceptors (Lipinski definition) is 2. The van der Waals surface area contributed by atoms with Crippen molar-refractivity contribution in [3.05, 3.63) is 277 Å². The molecule has 13 aromatic rings. The van der Waals surface area contributed by atoms with Gasteiger partial charge in [-0.25, -0.2) is 0 Å². The lowest BCUT2D eigenvalue weighted by molar-refractivity contribution is 0.569. The van der Waals surface area contributed by atoms with Gasteiger partial charge in [0.05, 0.1) is 22.4 Å². The average molecular weight is 1190 g/mol. The Morgan fingerprint density at radius 1 is 0.272 bits per heavy atom. The Kier molecular flexibility index (Phi) is 13.0. The molecule has 0 aliphatic carbocycles. The minimum atomic E-state index is -0.177. The number of nitrogens with zero attached hydrogens (tertiary/aromatic N) is 3. The molecule has 0 N–H and O–H groups in total. The fraction of sp³-hybridized carbons (Fsp3) is 0.182. The molecule has 0 radical (unpaired) electrons. The summed E-state index contributed by atoms with van der Waals surface area (Å²) in [6.07, 6.45) is 0. The molecule has 0 bridgehead atoms. The first-order valence-electron chi connectivity index (χ1n) is 33.0. The smallest absolute Gasteiger partial charge is 0.252 e. The summed E-state index contributed by atoms with van der Waals surface area (Å²) in [7, 11) is 0. The standard InChI is InChI=1S/C88H78BN3/c1-85(2,3)62-40-41-74(88(10,11)12)71(52-62)59-30-25-31-65(46-59)90-80-50-58(60-44-63(86(4,5)6)51-64(45-60)87(7,8)9)38-42-75(80)89-76-49-61(56-28-17-14-18-29-56)48-73-68-33-20-19-32-67(68)72-47-57(55-26-15-13-16-27-55)39-43-79(72)92(84(73)76)82-54-66(53-81(90)83(82)89)91-77-36-23-21-34-69(77)70-35-22-24-37-78(70)91/h13-54H,1-12H3. The van der Waals surface area contributed by atoms with Crippen LogP contribution in [0.2, 0.25) is 0 Å². The highest BCUT2D eigenvalue weighted by atomic mass is 15.2. The third-order valence-corrected chi connectivity index (χ3v) is 20.1. The van der Waals surface area contributed by atoms with Gasteiger partial charge in [-0.15, -0.1) is 0 Å². The predicted octanol–water partition coefficient (Wildman–Crippen LogP) is 22.4. The molecule has 0 saturated carbocycles. The molecule has 448 valence electrons. The largest absolute Gasteiger partial charge is 0.311 e. The third-order valence-electron chi connectivity index (χ3n) is 20.1. The zero-order valence-corrected chi connectivity index (χ0v) is 55.2. The quantitative estimate of drug-likeness (QED) is 0.154. The van der Waals surface area contributed by atoms with Crippen LogP contribution >= 0.6 is 0 Å². The molecule has 4 heterocycles. The number of aromatic nitrogens is 1. The molecule has 0 spiro atoms. The summed E-state index contributed by atoms with van der Waals surface area (Å²) in [6, 6.07) is 98.1. The molecule has 0 saturated heterocycles. The predicted molar refractivity (Wildman–Crippen MR) is 396 cm³/mol. The second-order valence-electron chi connectivity index (χ2n) is 30.2. The number of para-hydroxylation sites is 2. The average Bonchev–Trinajstić information content (AvgIpc) is 1.15. The van der Waals surface area contributed by atoms with Crippen LogP contribution in [0.25, 0.3) is 94.3 Å². The molecule has 3 nitrogen and oxygen atoms in total. The third kappa shape index (κ3) is 9.30. The van der Waals surface area contributed by atoms with Gasteiger partial charge in [0.2, 0.25) is 0 Å². The van der Waals surface area contributed by atoms with Crippen molar-refractivity contribution in [2.45, 2.75) is 105 Å². The van der Waals surface area contributed by atoms with Crippen LogP contribution in [-0.4, -0.2) is 11.3 Å². The maximum atomic E-state index is 2.68. The maximum absolute atomic E-state index is 2.68. The second kappa shape index (κ2) is 20.8. The van der Waals surface area contributed by atoms with Gasteiger partial charge in [0, 0.05) is 50.3 Å². The fourth-order valence-corrected chi connectivity index (χ4v) is 15.2.